The largest absolute Gasteiger partial charge is 0.480 e. The molecule has 0 unspecified atom stereocenters. The van der Waals surface area contributed by atoms with Crippen LogP contribution in [0, 0.1) is 5.41 Å². The summed E-state index contributed by atoms with van der Waals surface area (Å²) in [5, 5.41) is 0. The summed E-state index contributed by atoms with van der Waals surface area (Å²) in [7, 11) is 5.50. The average molecular weight is 344 g/mol. The lowest BCUT2D eigenvalue weighted by Crippen LogP contribution is -2.28. The molecule has 0 aliphatic carbocycles. The normalized spacial score (nSPS) is 12.4. The van der Waals surface area contributed by atoms with Crippen LogP contribution in [0.3, 0.4) is 0 Å². The predicted octanol–water partition coefficient (Wildman–Crippen LogP) is 4.03. The van der Waals surface area contributed by atoms with Crippen LogP contribution in [0.25, 0.3) is 0 Å². The van der Waals surface area contributed by atoms with Crippen molar-refractivity contribution in [2.45, 2.75) is 46.5 Å². The Morgan fingerprint density at radius 2 is 1.65 bits per heavy atom. The van der Waals surface area contributed by atoms with Crippen molar-refractivity contribution in [1.82, 2.24) is 9.97 Å². The Labute approximate surface area is 131 Å². The Balaban J connectivity index is 3.38. The number of nitrogens with zero attached hydrogens (tertiary/aromatic N) is 3. The van der Waals surface area contributed by atoms with Gasteiger partial charge >= 0.3 is 0 Å². The van der Waals surface area contributed by atoms with Crippen LogP contribution in [-0.2, 0) is 5.41 Å². The summed E-state index contributed by atoms with van der Waals surface area (Å²) < 4.78 is 6.22. The lowest BCUT2D eigenvalue weighted by molar-refractivity contribution is 0.277. The number of methoxy groups -OCH3 is 1. The minimum Gasteiger partial charge on any atom is -0.480 e. The topological polar surface area (TPSA) is 38.2 Å². The van der Waals surface area contributed by atoms with Crippen molar-refractivity contribution in [3.8, 4) is 5.88 Å². The molecular weight excluding hydrogens is 318 g/mol. The van der Waals surface area contributed by atoms with Gasteiger partial charge in [0.15, 0.2) is 0 Å². The zero-order valence-corrected chi connectivity index (χ0v) is 15.4. The molecule has 1 rings (SSSR count). The van der Waals surface area contributed by atoms with Crippen LogP contribution >= 0.6 is 15.9 Å². The van der Waals surface area contributed by atoms with Gasteiger partial charge in [0.25, 0.3) is 0 Å². The van der Waals surface area contributed by atoms with Crippen molar-refractivity contribution in [1.29, 1.82) is 0 Å². The second kappa shape index (κ2) is 5.88. The Hall–Kier alpha value is -0.840. The smallest absolute Gasteiger partial charge is 0.232 e. The second-order valence-corrected chi connectivity index (χ2v) is 8.00. The van der Waals surface area contributed by atoms with Crippen LogP contribution in [0.5, 0.6) is 5.88 Å². The molecule has 0 radical (unpaired) electrons. The molecule has 1 aromatic rings. The van der Waals surface area contributed by atoms with E-state index in [0.717, 1.165) is 16.6 Å². The summed E-state index contributed by atoms with van der Waals surface area (Å²) in [5.74, 6) is 1.25. The predicted molar refractivity (Wildman–Crippen MR) is 87.7 cm³/mol. The fourth-order valence-electron chi connectivity index (χ4n) is 2.61. The average Bonchev–Trinajstić information content (AvgIpc) is 2.25. The first-order valence-corrected chi connectivity index (χ1v) is 7.56. The van der Waals surface area contributed by atoms with E-state index < -0.39 is 0 Å². The summed E-state index contributed by atoms with van der Waals surface area (Å²) in [5.41, 5.74) is 1.14. The molecule has 0 fully saturated rings. The van der Waals surface area contributed by atoms with Crippen molar-refractivity contribution in [3.63, 3.8) is 0 Å². The highest BCUT2D eigenvalue weighted by atomic mass is 79.9. The maximum Gasteiger partial charge on any atom is 0.232 e. The van der Waals surface area contributed by atoms with E-state index in [-0.39, 0.29) is 10.8 Å². The molecule has 1 aromatic heterocycles. The van der Waals surface area contributed by atoms with Crippen LogP contribution < -0.4 is 9.64 Å². The van der Waals surface area contributed by atoms with Crippen LogP contribution in [0.15, 0.2) is 4.47 Å². The molecule has 0 aromatic carbocycles. The highest BCUT2D eigenvalue weighted by molar-refractivity contribution is 9.10. The van der Waals surface area contributed by atoms with Crippen molar-refractivity contribution >= 4 is 21.9 Å². The first-order valence-electron chi connectivity index (χ1n) is 6.77. The quantitative estimate of drug-likeness (QED) is 0.827. The maximum absolute atomic E-state index is 5.38. The van der Waals surface area contributed by atoms with Crippen molar-refractivity contribution in [2.75, 3.05) is 26.1 Å². The van der Waals surface area contributed by atoms with Crippen LogP contribution in [0.1, 0.15) is 46.7 Å². The number of aromatic nitrogens is 2. The number of anilines is 1. The van der Waals surface area contributed by atoms with Gasteiger partial charge in [-0.1, -0.05) is 34.6 Å². The van der Waals surface area contributed by atoms with E-state index in [1.165, 1.54) is 0 Å². The fourth-order valence-corrected chi connectivity index (χ4v) is 3.48. The zero-order valence-electron chi connectivity index (χ0n) is 13.8. The molecule has 0 amide bonds. The zero-order chi connectivity index (χ0) is 15.7. The molecular formula is C15H26BrN3O. The van der Waals surface area contributed by atoms with Gasteiger partial charge in [-0.3, -0.25) is 0 Å². The minimum absolute atomic E-state index is 0.0714. The molecule has 0 bridgehead atoms. The van der Waals surface area contributed by atoms with E-state index in [2.05, 4.69) is 55.5 Å². The van der Waals surface area contributed by atoms with E-state index in [4.69, 9.17) is 9.72 Å². The molecule has 0 N–H and O–H groups in total. The van der Waals surface area contributed by atoms with E-state index >= 15 is 0 Å². The molecule has 0 saturated heterocycles. The van der Waals surface area contributed by atoms with Gasteiger partial charge in [0, 0.05) is 19.5 Å². The van der Waals surface area contributed by atoms with Crippen molar-refractivity contribution in [2.24, 2.45) is 5.41 Å². The molecule has 114 valence electrons. The maximum atomic E-state index is 5.38. The van der Waals surface area contributed by atoms with Gasteiger partial charge in [0.1, 0.15) is 4.47 Å². The highest BCUT2D eigenvalue weighted by Gasteiger charge is 2.32. The summed E-state index contributed by atoms with van der Waals surface area (Å²) in [6, 6.07) is 0. The molecule has 20 heavy (non-hydrogen) atoms. The highest BCUT2D eigenvalue weighted by Crippen LogP contribution is 2.41. The first kappa shape index (κ1) is 17.2. The van der Waals surface area contributed by atoms with Gasteiger partial charge in [0.05, 0.1) is 12.8 Å². The number of hydrogen-bond acceptors (Lipinski definition) is 4. The van der Waals surface area contributed by atoms with Crippen LogP contribution in [0.4, 0.5) is 5.95 Å². The molecule has 0 atom stereocenters. The minimum atomic E-state index is -0.0714. The fraction of sp³-hybridized carbons (Fsp3) is 0.733. The van der Waals surface area contributed by atoms with Gasteiger partial charge in [-0.05, 0) is 27.8 Å². The monoisotopic (exact) mass is 343 g/mol. The van der Waals surface area contributed by atoms with Gasteiger partial charge in [-0.2, -0.15) is 4.98 Å². The molecule has 0 aliphatic rings. The Morgan fingerprint density at radius 3 is 2.05 bits per heavy atom. The summed E-state index contributed by atoms with van der Waals surface area (Å²) in [4.78, 5) is 11.0. The van der Waals surface area contributed by atoms with E-state index in [1.54, 1.807) is 7.11 Å². The molecule has 1 heterocycles. The first-order chi connectivity index (χ1) is 8.98. The molecule has 0 aliphatic heterocycles. The lowest BCUT2D eigenvalue weighted by atomic mass is 9.74. The van der Waals surface area contributed by atoms with Crippen LogP contribution in [-0.4, -0.2) is 31.2 Å². The van der Waals surface area contributed by atoms with E-state index in [1.807, 2.05) is 19.0 Å². The van der Waals surface area contributed by atoms with Gasteiger partial charge in [0.2, 0.25) is 11.8 Å². The third-order valence-corrected chi connectivity index (χ3v) is 3.73. The SMILES string of the molecule is COc1nc(N(C)C)nc(C(C)(C)CC(C)(C)C)c1Br. The van der Waals surface area contributed by atoms with E-state index in [0.29, 0.717) is 11.8 Å². The number of ether oxygens (including phenoxy) is 1. The second-order valence-electron chi connectivity index (χ2n) is 7.21. The third-order valence-electron chi connectivity index (χ3n) is 3.02. The number of hydrogen-bond donors (Lipinski definition) is 0. The van der Waals surface area contributed by atoms with Crippen molar-refractivity contribution < 1.29 is 4.74 Å². The molecule has 5 heteroatoms. The summed E-state index contributed by atoms with van der Waals surface area (Å²) in [6.07, 6.45) is 1.02. The summed E-state index contributed by atoms with van der Waals surface area (Å²) in [6.45, 7) is 11.2. The Morgan fingerprint density at radius 1 is 1.10 bits per heavy atom. The van der Waals surface area contributed by atoms with Gasteiger partial charge < -0.3 is 9.64 Å². The van der Waals surface area contributed by atoms with E-state index in [9.17, 15) is 0 Å². The summed E-state index contributed by atoms with van der Waals surface area (Å²) >= 11 is 3.60. The molecule has 0 saturated carbocycles. The van der Waals surface area contributed by atoms with Gasteiger partial charge in [-0.25, -0.2) is 4.98 Å². The Bertz CT molecular complexity index is 479. The number of rotatable bonds is 4. The Kier molecular flexibility index (Phi) is 5.06. The molecule has 0 spiro atoms. The standard InChI is InChI=1S/C15H26BrN3O/c1-14(2,3)9-15(4,5)11-10(16)12(20-8)18-13(17-11)19(6)7/h9H2,1-8H3. The molecule has 4 nitrogen and oxygen atoms in total. The number of halogens is 1. The lowest BCUT2D eigenvalue weighted by Gasteiger charge is -2.33. The van der Waals surface area contributed by atoms with Crippen molar-refractivity contribution in [3.05, 3.63) is 10.2 Å². The van der Waals surface area contributed by atoms with Crippen LogP contribution in [0.2, 0.25) is 0 Å². The third kappa shape index (κ3) is 4.08. The van der Waals surface area contributed by atoms with Gasteiger partial charge in [-0.15, -0.1) is 0 Å².